The number of methoxy groups -OCH3 is 2. The van der Waals surface area contributed by atoms with Gasteiger partial charge in [0.2, 0.25) is 11.8 Å². The van der Waals surface area contributed by atoms with Gasteiger partial charge in [0.05, 0.1) is 26.2 Å². The third-order valence-corrected chi connectivity index (χ3v) is 7.39. The van der Waals surface area contributed by atoms with Crippen molar-refractivity contribution in [2.45, 2.75) is 51.0 Å². The van der Waals surface area contributed by atoms with Gasteiger partial charge in [-0.05, 0) is 87.3 Å². The molecule has 4 rings (SSSR count). The van der Waals surface area contributed by atoms with Crippen molar-refractivity contribution in [2.75, 3.05) is 45.3 Å². The van der Waals surface area contributed by atoms with Gasteiger partial charge in [-0.25, -0.2) is 0 Å². The minimum Gasteiger partial charge on any atom is -0.497 e. The minimum absolute atomic E-state index is 0.0118. The molecule has 2 aromatic rings. The van der Waals surface area contributed by atoms with Crippen LogP contribution in [0.1, 0.15) is 56.6 Å². The Morgan fingerprint density at radius 3 is 2.14 bits per heavy atom. The molecule has 2 aliphatic heterocycles. The molecule has 2 fully saturated rings. The first-order valence-electron chi connectivity index (χ1n) is 13.2. The van der Waals surface area contributed by atoms with Crippen molar-refractivity contribution >= 4 is 17.5 Å². The van der Waals surface area contributed by atoms with Gasteiger partial charge >= 0.3 is 0 Å². The van der Waals surface area contributed by atoms with Crippen LogP contribution in [-0.4, -0.2) is 57.1 Å². The third-order valence-electron chi connectivity index (χ3n) is 7.39. The molecule has 0 bridgehead atoms. The summed E-state index contributed by atoms with van der Waals surface area (Å²) in [7, 11) is 3.25. The summed E-state index contributed by atoms with van der Waals surface area (Å²) in [6.45, 7) is 3.99. The number of anilines is 1. The van der Waals surface area contributed by atoms with Gasteiger partial charge in [-0.3, -0.25) is 9.59 Å². The lowest BCUT2D eigenvalue weighted by Gasteiger charge is -2.41. The van der Waals surface area contributed by atoms with Crippen LogP contribution in [0, 0.1) is 5.92 Å². The SMILES string of the molecule is COc1ccc([C@H]2[C@H](C(=O)NCCCN3CCCCCC3)CCC(=O)N2c2ccc(OC)cc2)cc1. The highest BCUT2D eigenvalue weighted by Crippen LogP contribution is 2.41. The normalized spacial score (nSPS) is 21.1. The van der Waals surface area contributed by atoms with Crippen LogP contribution in [0.25, 0.3) is 0 Å². The number of rotatable bonds is 9. The Bertz CT molecular complexity index is 985. The van der Waals surface area contributed by atoms with Crippen LogP contribution >= 0.6 is 0 Å². The van der Waals surface area contributed by atoms with Gasteiger partial charge in [0.25, 0.3) is 0 Å². The Kier molecular flexibility index (Phi) is 9.23. The molecule has 0 spiro atoms. The molecule has 0 saturated carbocycles. The maximum Gasteiger partial charge on any atom is 0.227 e. The van der Waals surface area contributed by atoms with Gasteiger partial charge in [-0.1, -0.05) is 25.0 Å². The van der Waals surface area contributed by atoms with Crippen molar-refractivity contribution in [3.63, 3.8) is 0 Å². The Morgan fingerprint density at radius 1 is 0.917 bits per heavy atom. The van der Waals surface area contributed by atoms with Gasteiger partial charge in [0, 0.05) is 18.7 Å². The van der Waals surface area contributed by atoms with E-state index in [1.165, 1.54) is 25.7 Å². The minimum atomic E-state index is -0.392. The second-order valence-electron chi connectivity index (χ2n) is 9.73. The lowest BCUT2D eigenvalue weighted by atomic mass is 9.83. The summed E-state index contributed by atoms with van der Waals surface area (Å²) in [4.78, 5) is 31.0. The summed E-state index contributed by atoms with van der Waals surface area (Å²) in [5, 5.41) is 3.19. The molecule has 2 aliphatic rings. The molecule has 2 heterocycles. The quantitative estimate of drug-likeness (QED) is 0.518. The smallest absolute Gasteiger partial charge is 0.227 e. The maximum absolute atomic E-state index is 13.5. The second kappa shape index (κ2) is 12.8. The van der Waals surface area contributed by atoms with E-state index in [0.717, 1.165) is 48.8 Å². The lowest BCUT2D eigenvalue weighted by Crippen LogP contribution is -2.48. The van der Waals surface area contributed by atoms with Crippen molar-refractivity contribution in [1.29, 1.82) is 0 Å². The van der Waals surface area contributed by atoms with Crippen LogP contribution in [0.15, 0.2) is 48.5 Å². The number of ether oxygens (including phenoxy) is 2. The predicted octanol–water partition coefficient (Wildman–Crippen LogP) is 4.57. The molecule has 2 amide bonds. The van der Waals surface area contributed by atoms with Crippen LogP contribution in [0.3, 0.4) is 0 Å². The number of likely N-dealkylation sites (tertiary alicyclic amines) is 1. The standard InChI is InChI=1S/C29H39N3O4/c1-35-24-12-8-22(9-13-24)28-26(29(34)30-18-7-21-31-19-5-3-4-6-20-31)16-17-27(33)32(28)23-10-14-25(36-2)15-11-23/h8-15,26,28H,3-7,16-21H2,1-2H3,(H,30,34)/t26-,28+/m1/s1. The molecule has 0 unspecified atom stereocenters. The number of nitrogens with one attached hydrogen (secondary N) is 1. The fourth-order valence-corrected chi connectivity index (χ4v) is 5.40. The summed E-state index contributed by atoms with van der Waals surface area (Å²) in [5.74, 6) is 1.16. The summed E-state index contributed by atoms with van der Waals surface area (Å²) < 4.78 is 10.6. The van der Waals surface area contributed by atoms with E-state index in [4.69, 9.17) is 9.47 Å². The fourth-order valence-electron chi connectivity index (χ4n) is 5.40. The number of hydrogen-bond acceptors (Lipinski definition) is 5. The number of carbonyl (C=O) groups excluding carboxylic acids is 2. The van der Waals surface area contributed by atoms with Crippen molar-refractivity contribution in [3.8, 4) is 11.5 Å². The summed E-state index contributed by atoms with van der Waals surface area (Å²) in [6, 6.07) is 14.8. The topological polar surface area (TPSA) is 71.1 Å². The second-order valence-corrected chi connectivity index (χ2v) is 9.73. The van der Waals surface area contributed by atoms with E-state index in [9.17, 15) is 9.59 Å². The first kappa shape index (κ1) is 26.0. The van der Waals surface area contributed by atoms with Gasteiger partial charge in [-0.15, -0.1) is 0 Å². The zero-order chi connectivity index (χ0) is 25.3. The van der Waals surface area contributed by atoms with Crippen LogP contribution in [0.5, 0.6) is 11.5 Å². The van der Waals surface area contributed by atoms with Crippen molar-refractivity contribution < 1.29 is 19.1 Å². The molecule has 7 heteroatoms. The Morgan fingerprint density at radius 2 is 1.53 bits per heavy atom. The maximum atomic E-state index is 13.5. The molecule has 1 N–H and O–H groups in total. The van der Waals surface area contributed by atoms with Gasteiger partial charge in [-0.2, -0.15) is 0 Å². The molecule has 194 valence electrons. The average Bonchev–Trinajstić information content (AvgIpc) is 3.20. The molecular weight excluding hydrogens is 454 g/mol. The molecule has 2 aromatic carbocycles. The summed E-state index contributed by atoms with van der Waals surface area (Å²) >= 11 is 0. The highest BCUT2D eigenvalue weighted by molar-refractivity contribution is 5.97. The van der Waals surface area contributed by atoms with Crippen molar-refractivity contribution in [1.82, 2.24) is 10.2 Å². The highest BCUT2D eigenvalue weighted by Gasteiger charge is 2.41. The van der Waals surface area contributed by atoms with Crippen LogP contribution in [-0.2, 0) is 9.59 Å². The molecule has 2 atom stereocenters. The van der Waals surface area contributed by atoms with Gasteiger partial charge in [0.1, 0.15) is 11.5 Å². The zero-order valence-corrected chi connectivity index (χ0v) is 21.6. The number of piperidine rings is 1. The van der Waals surface area contributed by atoms with E-state index in [0.29, 0.717) is 19.4 Å². The largest absolute Gasteiger partial charge is 0.497 e. The van der Waals surface area contributed by atoms with E-state index in [-0.39, 0.29) is 17.7 Å². The summed E-state index contributed by atoms with van der Waals surface area (Å²) in [5.41, 5.74) is 1.68. The third kappa shape index (κ3) is 6.38. The monoisotopic (exact) mass is 493 g/mol. The first-order chi connectivity index (χ1) is 17.6. The van der Waals surface area contributed by atoms with E-state index in [1.54, 1.807) is 19.1 Å². The van der Waals surface area contributed by atoms with Crippen molar-refractivity contribution in [2.24, 2.45) is 5.92 Å². The molecule has 2 saturated heterocycles. The average molecular weight is 494 g/mol. The lowest BCUT2D eigenvalue weighted by molar-refractivity contribution is -0.129. The first-order valence-corrected chi connectivity index (χ1v) is 13.2. The van der Waals surface area contributed by atoms with E-state index in [1.807, 2.05) is 48.5 Å². The number of nitrogens with zero attached hydrogens (tertiary/aromatic N) is 2. The number of carbonyl (C=O) groups is 2. The fraction of sp³-hybridized carbons (Fsp3) is 0.517. The van der Waals surface area contributed by atoms with Gasteiger partial charge in [0.15, 0.2) is 0 Å². The zero-order valence-electron chi connectivity index (χ0n) is 21.6. The number of amides is 2. The molecule has 7 nitrogen and oxygen atoms in total. The van der Waals surface area contributed by atoms with E-state index >= 15 is 0 Å². The molecule has 0 radical (unpaired) electrons. The molecule has 0 aliphatic carbocycles. The predicted molar refractivity (Wildman–Crippen MR) is 141 cm³/mol. The summed E-state index contributed by atoms with van der Waals surface area (Å²) in [6.07, 6.45) is 6.99. The van der Waals surface area contributed by atoms with Crippen LogP contribution in [0.4, 0.5) is 5.69 Å². The number of hydrogen-bond donors (Lipinski definition) is 1. The Balaban J connectivity index is 1.50. The van der Waals surface area contributed by atoms with E-state index in [2.05, 4.69) is 10.2 Å². The van der Waals surface area contributed by atoms with Crippen molar-refractivity contribution in [3.05, 3.63) is 54.1 Å². The molecule has 36 heavy (non-hydrogen) atoms. The van der Waals surface area contributed by atoms with Crippen LogP contribution in [0.2, 0.25) is 0 Å². The highest BCUT2D eigenvalue weighted by atomic mass is 16.5. The molecular formula is C29H39N3O4. The molecule has 0 aromatic heterocycles. The Hall–Kier alpha value is -3.06. The van der Waals surface area contributed by atoms with Gasteiger partial charge < -0.3 is 24.6 Å². The van der Waals surface area contributed by atoms with E-state index < -0.39 is 6.04 Å². The Labute approximate surface area is 214 Å². The van der Waals surface area contributed by atoms with Crippen LogP contribution < -0.4 is 19.7 Å². The number of benzene rings is 2.